The Morgan fingerprint density at radius 1 is 1.31 bits per heavy atom. The summed E-state index contributed by atoms with van der Waals surface area (Å²) in [5.74, 6) is 0.893. The van der Waals surface area contributed by atoms with E-state index in [-0.39, 0.29) is 11.7 Å². The number of amides is 1. The summed E-state index contributed by atoms with van der Waals surface area (Å²) in [4.78, 5) is 17.3. The molecule has 0 N–H and O–H groups in total. The Balaban J connectivity index is 1.48. The molecule has 0 bridgehead atoms. The van der Waals surface area contributed by atoms with E-state index >= 15 is 0 Å². The van der Waals surface area contributed by atoms with Crippen LogP contribution < -0.4 is 0 Å². The Labute approximate surface area is 156 Å². The molecule has 4 heteroatoms. The van der Waals surface area contributed by atoms with E-state index in [0.717, 1.165) is 57.5 Å². The minimum absolute atomic E-state index is 0.155. The van der Waals surface area contributed by atoms with E-state index in [4.69, 9.17) is 0 Å². The lowest BCUT2D eigenvalue weighted by atomic mass is 9.96. The largest absolute Gasteiger partial charge is 0.342 e. The number of allylic oxidation sites excluding steroid dienone is 2. The van der Waals surface area contributed by atoms with Crippen molar-refractivity contribution in [3.05, 3.63) is 47.8 Å². The minimum atomic E-state index is -0.155. The summed E-state index contributed by atoms with van der Waals surface area (Å²) < 4.78 is 13.3. The molecule has 1 aromatic carbocycles. The topological polar surface area (TPSA) is 23.6 Å². The Kier molecular flexibility index (Phi) is 6.84. The van der Waals surface area contributed by atoms with Gasteiger partial charge in [-0.1, -0.05) is 24.3 Å². The lowest BCUT2D eigenvalue weighted by Gasteiger charge is -2.36. The average molecular weight is 359 g/mol. The highest BCUT2D eigenvalue weighted by Crippen LogP contribution is 2.23. The van der Waals surface area contributed by atoms with Crippen molar-refractivity contribution in [2.75, 3.05) is 32.7 Å². The number of likely N-dealkylation sites (tertiary alicyclic amines) is 1. The molecule has 1 heterocycles. The van der Waals surface area contributed by atoms with Crippen LogP contribution in [-0.4, -0.2) is 48.4 Å². The zero-order valence-electron chi connectivity index (χ0n) is 15.9. The van der Waals surface area contributed by atoms with Gasteiger partial charge in [-0.15, -0.1) is 0 Å². The number of hydrogen-bond acceptors (Lipinski definition) is 2. The maximum Gasteiger partial charge on any atom is 0.226 e. The lowest BCUT2D eigenvalue weighted by molar-refractivity contribution is -0.135. The van der Waals surface area contributed by atoms with Gasteiger partial charge in [-0.05, 0) is 69.2 Å². The molecule has 3 rings (SSSR count). The van der Waals surface area contributed by atoms with Crippen LogP contribution >= 0.6 is 0 Å². The summed E-state index contributed by atoms with van der Waals surface area (Å²) in [6.07, 6.45) is 9.33. The highest BCUT2D eigenvalue weighted by atomic mass is 19.1. The fourth-order valence-corrected chi connectivity index (χ4v) is 4.25. The highest BCUT2D eigenvalue weighted by molar-refractivity contribution is 5.79. The third kappa shape index (κ3) is 5.16. The molecule has 2 aliphatic rings. The van der Waals surface area contributed by atoms with Crippen molar-refractivity contribution in [2.45, 2.75) is 39.0 Å². The number of carbonyl (C=O) groups excluding carboxylic acids is 1. The van der Waals surface area contributed by atoms with Crippen molar-refractivity contribution in [3.8, 4) is 0 Å². The molecule has 1 unspecified atom stereocenters. The first-order valence-electron chi connectivity index (χ1n) is 10.1. The smallest absolute Gasteiger partial charge is 0.226 e. The van der Waals surface area contributed by atoms with Crippen LogP contribution in [0, 0.1) is 17.7 Å². The van der Waals surface area contributed by atoms with Crippen LogP contribution in [0.5, 0.6) is 0 Å². The molecule has 1 saturated heterocycles. The lowest BCUT2D eigenvalue weighted by Crippen LogP contribution is -2.44. The maximum atomic E-state index is 13.3. The van der Waals surface area contributed by atoms with Crippen molar-refractivity contribution in [1.82, 2.24) is 9.80 Å². The van der Waals surface area contributed by atoms with E-state index in [0.29, 0.717) is 11.8 Å². The second-order valence-corrected chi connectivity index (χ2v) is 7.71. The molecule has 0 aromatic heterocycles. The zero-order chi connectivity index (χ0) is 18.4. The van der Waals surface area contributed by atoms with Gasteiger partial charge in [-0.25, -0.2) is 4.39 Å². The summed E-state index contributed by atoms with van der Waals surface area (Å²) in [5, 5.41) is 0. The van der Waals surface area contributed by atoms with Gasteiger partial charge in [-0.2, -0.15) is 0 Å². The van der Waals surface area contributed by atoms with Crippen LogP contribution in [0.3, 0.4) is 0 Å². The van der Waals surface area contributed by atoms with Crippen molar-refractivity contribution in [1.29, 1.82) is 0 Å². The zero-order valence-corrected chi connectivity index (χ0v) is 15.9. The molecule has 1 aliphatic heterocycles. The number of halogens is 1. The van der Waals surface area contributed by atoms with Crippen LogP contribution in [0.2, 0.25) is 0 Å². The summed E-state index contributed by atoms with van der Waals surface area (Å²) in [6, 6.07) is 6.91. The molecule has 1 atom stereocenters. The first kappa shape index (κ1) is 19.1. The molecule has 1 amide bonds. The standard InChI is InChI=1S/C22H31FN2O/c1-2-25(22(26)20-9-3-4-10-20)17-19-8-6-13-24(16-19)14-12-18-7-5-11-21(23)15-18/h3-5,7,11,15,19-20H,2,6,8-10,12-14,16-17H2,1H3. The summed E-state index contributed by atoms with van der Waals surface area (Å²) in [7, 11) is 0. The Morgan fingerprint density at radius 3 is 2.85 bits per heavy atom. The summed E-state index contributed by atoms with van der Waals surface area (Å²) in [6.45, 7) is 6.88. The van der Waals surface area contributed by atoms with Crippen molar-refractivity contribution < 1.29 is 9.18 Å². The normalized spacial score (nSPS) is 21.2. The molecule has 142 valence electrons. The minimum Gasteiger partial charge on any atom is -0.342 e. The number of benzene rings is 1. The van der Waals surface area contributed by atoms with E-state index in [1.165, 1.54) is 18.9 Å². The second-order valence-electron chi connectivity index (χ2n) is 7.71. The van der Waals surface area contributed by atoms with E-state index in [1.807, 2.05) is 6.07 Å². The SMILES string of the molecule is CCN(CC1CCCN(CCc2cccc(F)c2)C1)C(=O)C1CC=CC1. The number of nitrogens with zero attached hydrogens (tertiary/aromatic N) is 2. The van der Waals surface area contributed by atoms with E-state index in [9.17, 15) is 9.18 Å². The number of carbonyl (C=O) groups is 1. The first-order chi connectivity index (χ1) is 12.7. The van der Waals surface area contributed by atoms with Gasteiger partial charge in [0.2, 0.25) is 5.91 Å². The third-order valence-electron chi connectivity index (χ3n) is 5.74. The van der Waals surface area contributed by atoms with Gasteiger partial charge in [0, 0.05) is 32.1 Å². The molecule has 26 heavy (non-hydrogen) atoms. The van der Waals surface area contributed by atoms with E-state index in [1.54, 1.807) is 12.1 Å². The molecular weight excluding hydrogens is 327 g/mol. The fourth-order valence-electron chi connectivity index (χ4n) is 4.25. The number of piperidine rings is 1. The second kappa shape index (κ2) is 9.31. The van der Waals surface area contributed by atoms with Crippen molar-refractivity contribution >= 4 is 5.91 Å². The van der Waals surface area contributed by atoms with Gasteiger partial charge in [0.1, 0.15) is 5.82 Å². The Hall–Kier alpha value is -1.68. The van der Waals surface area contributed by atoms with Gasteiger partial charge < -0.3 is 9.80 Å². The first-order valence-corrected chi connectivity index (χ1v) is 10.1. The molecule has 0 spiro atoms. The molecule has 1 aromatic rings. The molecule has 1 aliphatic carbocycles. The van der Waals surface area contributed by atoms with Crippen LogP contribution in [0.15, 0.2) is 36.4 Å². The highest BCUT2D eigenvalue weighted by Gasteiger charge is 2.27. The molecule has 1 fully saturated rings. The number of rotatable bonds is 7. The van der Waals surface area contributed by atoms with Crippen LogP contribution in [0.25, 0.3) is 0 Å². The van der Waals surface area contributed by atoms with Gasteiger partial charge in [0.05, 0.1) is 0 Å². The molecule has 3 nitrogen and oxygen atoms in total. The molecule has 0 saturated carbocycles. The van der Waals surface area contributed by atoms with Gasteiger partial charge >= 0.3 is 0 Å². The average Bonchev–Trinajstić information content (AvgIpc) is 3.19. The molecular formula is C22H31FN2O. The summed E-state index contributed by atoms with van der Waals surface area (Å²) >= 11 is 0. The van der Waals surface area contributed by atoms with E-state index in [2.05, 4.69) is 28.9 Å². The van der Waals surface area contributed by atoms with Gasteiger partial charge in [-0.3, -0.25) is 4.79 Å². The Morgan fingerprint density at radius 2 is 2.12 bits per heavy atom. The van der Waals surface area contributed by atoms with Crippen LogP contribution in [-0.2, 0) is 11.2 Å². The summed E-state index contributed by atoms with van der Waals surface area (Å²) in [5.41, 5.74) is 1.06. The predicted octanol–water partition coefficient (Wildman–Crippen LogP) is 3.89. The van der Waals surface area contributed by atoms with Crippen LogP contribution in [0.1, 0.15) is 38.2 Å². The third-order valence-corrected chi connectivity index (χ3v) is 5.74. The van der Waals surface area contributed by atoms with Gasteiger partial charge in [0.25, 0.3) is 0 Å². The van der Waals surface area contributed by atoms with Crippen molar-refractivity contribution in [3.63, 3.8) is 0 Å². The van der Waals surface area contributed by atoms with Crippen molar-refractivity contribution in [2.24, 2.45) is 11.8 Å². The predicted molar refractivity (Wildman–Crippen MR) is 103 cm³/mol. The quantitative estimate of drug-likeness (QED) is 0.690. The fraction of sp³-hybridized carbons (Fsp3) is 0.591. The van der Waals surface area contributed by atoms with E-state index < -0.39 is 0 Å². The maximum absolute atomic E-state index is 13.3. The monoisotopic (exact) mass is 358 g/mol. The van der Waals surface area contributed by atoms with Crippen LogP contribution in [0.4, 0.5) is 4.39 Å². The Bertz CT molecular complexity index is 622. The number of hydrogen-bond donors (Lipinski definition) is 0. The van der Waals surface area contributed by atoms with Gasteiger partial charge in [0.15, 0.2) is 0 Å². The molecule has 0 radical (unpaired) electrons.